The lowest BCUT2D eigenvalue weighted by Crippen LogP contribution is -2.34. The monoisotopic (exact) mass is 268 g/mol. The van der Waals surface area contributed by atoms with Crippen molar-refractivity contribution in [2.45, 2.75) is 46.0 Å². The molecule has 1 aliphatic rings. The number of aromatic amines is 1. The summed E-state index contributed by atoms with van der Waals surface area (Å²) >= 11 is 0. The average molecular weight is 268 g/mol. The van der Waals surface area contributed by atoms with Crippen molar-refractivity contribution < 1.29 is 9.53 Å². The zero-order valence-electron chi connectivity index (χ0n) is 11.5. The van der Waals surface area contributed by atoms with Crippen LogP contribution in [0.2, 0.25) is 0 Å². The van der Waals surface area contributed by atoms with Crippen molar-refractivity contribution in [1.29, 1.82) is 0 Å². The molecule has 0 spiro atoms. The van der Waals surface area contributed by atoms with Crippen LogP contribution in [0, 0.1) is 0 Å². The van der Waals surface area contributed by atoms with Crippen LogP contribution in [0.5, 0.6) is 0 Å². The van der Waals surface area contributed by atoms with Crippen molar-refractivity contribution in [3.05, 3.63) is 21.6 Å². The van der Waals surface area contributed by atoms with Crippen LogP contribution in [0.4, 0.5) is 4.79 Å². The zero-order chi connectivity index (χ0) is 14.2. The first kappa shape index (κ1) is 13.7. The molecule has 0 fully saturated rings. The van der Waals surface area contributed by atoms with E-state index in [1.807, 2.05) is 20.8 Å². The predicted octanol–water partition coefficient (Wildman–Crippen LogP) is 0.386. The van der Waals surface area contributed by atoms with E-state index < -0.39 is 11.7 Å². The van der Waals surface area contributed by atoms with Crippen LogP contribution in [0.15, 0.2) is 4.79 Å². The van der Waals surface area contributed by atoms with Crippen LogP contribution >= 0.6 is 0 Å². The van der Waals surface area contributed by atoms with Gasteiger partial charge in [0.05, 0.1) is 30.9 Å². The molecule has 1 aromatic rings. The van der Waals surface area contributed by atoms with E-state index in [4.69, 9.17) is 10.5 Å². The van der Waals surface area contributed by atoms with Gasteiger partial charge < -0.3 is 10.5 Å². The van der Waals surface area contributed by atoms with E-state index >= 15 is 0 Å². The van der Waals surface area contributed by atoms with Gasteiger partial charge in [-0.2, -0.15) is 0 Å². The number of nitrogens with zero attached hydrogens (tertiary/aromatic N) is 2. The number of amides is 1. The molecule has 0 saturated heterocycles. The van der Waals surface area contributed by atoms with Gasteiger partial charge in [0.1, 0.15) is 5.60 Å². The Morgan fingerprint density at radius 3 is 2.63 bits per heavy atom. The molecule has 19 heavy (non-hydrogen) atoms. The van der Waals surface area contributed by atoms with Crippen LogP contribution in [0.1, 0.15) is 32.0 Å². The van der Waals surface area contributed by atoms with E-state index in [-0.39, 0.29) is 12.1 Å². The first-order valence-electron chi connectivity index (χ1n) is 6.30. The van der Waals surface area contributed by atoms with E-state index in [0.29, 0.717) is 25.2 Å². The lowest BCUT2D eigenvalue weighted by Gasteiger charge is -2.24. The third kappa shape index (κ3) is 2.81. The molecule has 0 unspecified atom stereocenters. The van der Waals surface area contributed by atoms with Crippen LogP contribution in [0.25, 0.3) is 0 Å². The third-order valence-electron chi connectivity index (χ3n) is 2.84. The number of ether oxygens (including phenoxy) is 1. The Hall–Kier alpha value is -1.76. The molecule has 0 bridgehead atoms. The second-order valence-corrected chi connectivity index (χ2v) is 5.65. The Balaban J connectivity index is 2.09. The minimum absolute atomic E-state index is 0.105. The summed E-state index contributed by atoms with van der Waals surface area (Å²) in [7, 11) is 0. The zero-order valence-corrected chi connectivity index (χ0v) is 11.5. The quantitative estimate of drug-likeness (QED) is 0.811. The van der Waals surface area contributed by atoms with Gasteiger partial charge in [0, 0.05) is 6.54 Å². The summed E-state index contributed by atoms with van der Waals surface area (Å²) in [5.74, 6) is 0. The van der Waals surface area contributed by atoms with E-state index in [9.17, 15) is 9.59 Å². The number of rotatable bonds is 2. The first-order chi connectivity index (χ1) is 8.81. The Kier molecular flexibility index (Phi) is 3.40. The Labute approximate surface area is 111 Å². The summed E-state index contributed by atoms with van der Waals surface area (Å²) in [6, 6.07) is 0. The Morgan fingerprint density at radius 1 is 1.42 bits per heavy atom. The third-order valence-corrected chi connectivity index (χ3v) is 2.84. The number of H-pyrrole nitrogens is 1. The molecule has 2 heterocycles. The maximum Gasteiger partial charge on any atom is 0.410 e. The van der Waals surface area contributed by atoms with Gasteiger partial charge in [0.2, 0.25) is 0 Å². The smallest absolute Gasteiger partial charge is 0.410 e. The number of hydrogen-bond acceptors (Lipinski definition) is 4. The summed E-state index contributed by atoms with van der Waals surface area (Å²) in [5.41, 5.74) is 6.18. The molecule has 1 aromatic heterocycles. The van der Waals surface area contributed by atoms with Crippen molar-refractivity contribution in [2.75, 3.05) is 6.54 Å². The summed E-state index contributed by atoms with van der Waals surface area (Å²) < 4.78 is 6.77. The van der Waals surface area contributed by atoms with E-state index in [1.165, 1.54) is 9.58 Å². The highest BCUT2D eigenvalue weighted by molar-refractivity contribution is 5.69. The van der Waals surface area contributed by atoms with Gasteiger partial charge in [-0.15, -0.1) is 0 Å². The van der Waals surface area contributed by atoms with Crippen LogP contribution in [-0.2, 0) is 24.4 Å². The summed E-state index contributed by atoms with van der Waals surface area (Å²) in [4.78, 5) is 25.4. The fourth-order valence-electron chi connectivity index (χ4n) is 2.05. The van der Waals surface area contributed by atoms with E-state index in [1.54, 1.807) is 0 Å². The van der Waals surface area contributed by atoms with Crippen molar-refractivity contribution in [3.8, 4) is 0 Å². The van der Waals surface area contributed by atoms with E-state index in [2.05, 4.69) is 5.10 Å². The number of carbonyl (C=O) groups is 1. The minimum atomic E-state index is -0.535. The number of nitrogens with one attached hydrogen (secondary N) is 1. The predicted molar refractivity (Wildman–Crippen MR) is 69.6 cm³/mol. The van der Waals surface area contributed by atoms with E-state index in [0.717, 1.165) is 5.69 Å². The SMILES string of the molecule is CC(C)(C)OC(=O)N1Cc2[nH]n(CCN)c(=O)c2C1. The Morgan fingerprint density at radius 2 is 2.11 bits per heavy atom. The molecule has 106 valence electrons. The van der Waals surface area contributed by atoms with Crippen molar-refractivity contribution >= 4 is 6.09 Å². The summed E-state index contributed by atoms with van der Waals surface area (Å²) in [6.45, 7) is 6.96. The van der Waals surface area contributed by atoms with Gasteiger partial charge in [-0.25, -0.2) is 4.79 Å². The van der Waals surface area contributed by atoms with Crippen LogP contribution in [0.3, 0.4) is 0 Å². The Bertz CT molecular complexity index is 538. The fraction of sp³-hybridized carbons (Fsp3) is 0.667. The number of carbonyl (C=O) groups excluding carboxylic acids is 1. The number of hydrogen-bond donors (Lipinski definition) is 2. The van der Waals surface area contributed by atoms with Crippen molar-refractivity contribution in [1.82, 2.24) is 14.7 Å². The second kappa shape index (κ2) is 4.73. The molecule has 3 N–H and O–H groups in total. The molecule has 0 aliphatic carbocycles. The highest BCUT2D eigenvalue weighted by Gasteiger charge is 2.31. The first-order valence-corrected chi connectivity index (χ1v) is 6.30. The van der Waals surface area contributed by atoms with Crippen molar-refractivity contribution in [3.63, 3.8) is 0 Å². The maximum atomic E-state index is 12.0. The fourth-order valence-corrected chi connectivity index (χ4v) is 2.05. The minimum Gasteiger partial charge on any atom is -0.444 e. The topological polar surface area (TPSA) is 93.3 Å². The van der Waals surface area contributed by atoms with Crippen LogP contribution < -0.4 is 11.3 Å². The van der Waals surface area contributed by atoms with Gasteiger partial charge in [-0.05, 0) is 20.8 Å². The van der Waals surface area contributed by atoms with Gasteiger partial charge in [-0.1, -0.05) is 0 Å². The molecule has 0 aromatic carbocycles. The molecule has 7 nitrogen and oxygen atoms in total. The number of nitrogens with two attached hydrogens (primary N) is 1. The van der Waals surface area contributed by atoms with Gasteiger partial charge in [0.25, 0.3) is 5.56 Å². The molecule has 0 atom stereocenters. The molecular weight excluding hydrogens is 248 g/mol. The lowest BCUT2D eigenvalue weighted by molar-refractivity contribution is 0.0238. The number of aromatic nitrogens is 2. The van der Waals surface area contributed by atoms with Gasteiger partial charge >= 0.3 is 6.09 Å². The molecule has 1 amide bonds. The highest BCUT2D eigenvalue weighted by atomic mass is 16.6. The highest BCUT2D eigenvalue weighted by Crippen LogP contribution is 2.20. The standard InChI is InChI=1S/C12H20N4O3/c1-12(2,3)19-11(18)15-6-8-9(7-15)14-16(5-4-13)10(8)17/h14H,4-7,13H2,1-3H3. The van der Waals surface area contributed by atoms with Gasteiger partial charge in [0.15, 0.2) is 0 Å². The lowest BCUT2D eigenvalue weighted by atomic mass is 10.2. The average Bonchev–Trinajstić information content (AvgIpc) is 2.79. The summed E-state index contributed by atoms with van der Waals surface area (Å²) in [5, 5.41) is 2.99. The molecule has 0 saturated carbocycles. The van der Waals surface area contributed by atoms with Gasteiger partial charge in [-0.3, -0.25) is 19.5 Å². The van der Waals surface area contributed by atoms with Crippen LogP contribution in [-0.4, -0.2) is 32.9 Å². The molecule has 0 radical (unpaired) electrons. The maximum absolute atomic E-state index is 12.0. The normalized spacial score (nSPS) is 14.6. The largest absolute Gasteiger partial charge is 0.444 e. The van der Waals surface area contributed by atoms with Crippen molar-refractivity contribution in [2.24, 2.45) is 5.73 Å². The molecule has 2 rings (SSSR count). The number of fused-ring (bicyclic) bond motifs is 1. The molecular formula is C12H20N4O3. The second-order valence-electron chi connectivity index (χ2n) is 5.65. The summed E-state index contributed by atoms with van der Waals surface area (Å²) in [6.07, 6.45) is -0.401. The molecule has 1 aliphatic heterocycles. The molecule has 7 heteroatoms.